The standard InChI is InChI=1S/C18H15NO2/c1-11-17(13-7-2-4-8-15(13)19-11)18(20)14-10-21-16-9-5-3-6-12(14)16/h2-9,14,19H,10H2,1H3. The highest BCUT2D eigenvalue weighted by molar-refractivity contribution is 6.12. The third-order valence-corrected chi connectivity index (χ3v) is 4.16. The number of aromatic amines is 1. The first kappa shape index (κ1) is 12.2. The molecule has 3 nitrogen and oxygen atoms in total. The van der Waals surface area contributed by atoms with Crippen LogP contribution in [-0.4, -0.2) is 17.4 Å². The van der Waals surface area contributed by atoms with E-state index in [1.165, 1.54) is 0 Å². The number of ketones is 1. The fourth-order valence-corrected chi connectivity index (χ4v) is 3.15. The molecule has 0 aliphatic carbocycles. The van der Waals surface area contributed by atoms with Crippen molar-refractivity contribution in [2.24, 2.45) is 0 Å². The molecule has 0 saturated carbocycles. The number of fused-ring (bicyclic) bond motifs is 2. The third kappa shape index (κ3) is 1.77. The van der Waals surface area contributed by atoms with E-state index in [2.05, 4.69) is 4.98 Å². The second-order valence-electron chi connectivity index (χ2n) is 5.44. The molecule has 0 spiro atoms. The quantitative estimate of drug-likeness (QED) is 0.723. The summed E-state index contributed by atoms with van der Waals surface area (Å²) in [6, 6.07) is 15.7. The molecule has 3 heteroatoms. The number of hydrogen-bond acceptors (Lipinski definition) is 2. The molecule has 1 aliphatic rings. The fraction of sp³-hybridized carbons (Fsp3) is 0.167. The van der Waals surface area contributed by atoms with Gasteiger partial charge in [-0.3, -0.25) is 4.79 Å². The van der Waals surface area contributed by atoms with Crippen molar-refractivity contribution in [2.75, 3.05) is 6.61 Å². The summed E-state index contributed by atoms with van der Waals surface area (Å²) in [6.45, 7) is 2.38. The molecule has 21 heavy (non-hydrogen) atoms. The van der Waals surface area contributed by atoms with Crippen molar-refractivity contribution in [3.63, 3.8) is 0 Å². The van der Waals surface area contributed by atoms with Crippen LogP contribution in [0, 0.1) is 6.92 Å². The van der Waals surface area contributed by atoms with E-state index in [1.54, 1.807) is 0 Å². The molecule has 1 aliphatic heterocycles. The summed E-state index contributed by atoms with van der Waals surface area (Å²) in [7, 11) is 0. The van der Waals surface area contributed by atoms with Crippen molar-refractivity contribution in [2.45, 2.75) is 12.8 Å². The lowest BCUT2D eigenvalue weighted by atomic mass is 9.91. The van der Waals surface area contributed by atoms with Gasteiger partial charge < -0.3 is 9.72 Å². The maximum Gasteiger partial charge on any atom is 0.176 e. The molecule has 104 valence electrons. The van der Waals surface area contributed by atoms with Crippen LogP contribution in [0.15, 0.2) is 48.5 Å². The summed E-state index contributed by atoms with van der Waals surface area (Å²) in [6.07, 6.45) is 0. The largest absolute Gasteiger partial charge is 0.492 e. The van der Waals surface area contributed by atoms with Crippen molar-refractivity contribution in [1.29, 1.82) is 0 Å². The van der Waals surface area contributed by atoms with Crippen LogP contribution in [0.2, 0.25) is 0 Å². The molecule has 0 fully saturated rings. The lowest BCUT2D eigenvalue weighted by Gasteiger charge is -2.08. The maximum absolute atomic E-state index is 13.0. The Morgan fingerprint density at radius 2 is 1.90 bits per heavy atom. The SMILES string of the molecule is Cc1[nH]c2ccccc2c1C(=O)C1COc2ccccc21. The summed E-state index contributed by atoms with van der Waals surface area (Å²) in [5, 5.41) is 0.990. The average Bonchev–Trinajstić information content (AvgIpc) is 3.06. The minimum atomic E-state index is -0.209. The average molecular weight is 277 g/mol. The van der Waals surface area contributed by atoms with E-state index in [4.69, 9.17) is 4.74 Å². The lowest BCUT2D eigenvalue weighted by Crippen LogP contribution is -2.15. The Hall–Kier alpha value is -2.55. The van der Waals surface area contributed by atoms with Crippen LogP contribution < -0.4 is 4.74 Å². The smallest absolute Gasteiger partial charge is 0.176 e. The highest BCUT2D eigenvalue weighted by Crippen LogP contribution is 2.37. The van der Waals surface area contributed by atoms with E-state index in [-0.39, 0.29) is 11.7 Å². The molecule has 1 aromatic heterocycles. The van der Waals surface area contributed by atoms with Gasteiger partial charge in [0.05, 0.1) is 5.92 Å². The second-order valence-corrected chi connectivity index (χ2v) is 5.44. The zero-order chi connectivity index (χ0) is 14.4. The van der Waals surface area contributed by atoms with E-state index in [0.717, 1.165) is 33.5 Å². The van der Waals surface area contributed by atoms with Gasteiger partial charge in [-0.25, -0.2) is 0 Å². The van der Waals surface area contributed by atoms with E-state index >= 15 is 0 Å². The number of ether oxygens (including phenoxy) is 1. The Morgan fingerprint density at radius 1 is 1.14 bits per heavy atom. The van der Waals surface area contributed by atoms with Crippen molar-refractivity contribution in [3.8, 4) is 5.75 Å². The summed E-state index contributed by atoms with van der Waals surface area (Å²) >= 11 is 0. The molecule has 4 rings (SSSR count). The number of carbonyl (C=O) groups is 1. The minimum Gasteiger partial charge on any atom is -0.492 e. The molecule has 1 atom stereocenters. The second kappa shape index (κ2) is 4.48. The first-order chi connectivity index (χ1) is 10.3. The van der Waals surface area contributed by atoms with Crippen LogP contribution in [-0.2, 0) is 0 Å². The monoisotopic (exact) mass is 277 g/mol. The number of aryl methyl sites for hydroxylation is 1. The highest BCUT2D eigenvalue weighted by atomic mass is 16.5. The maximum atomic E-state index is 13.0. The van der Waals surface area contributed by atoms with Gasteiger partial charge in [0.25, 0.3) is 0 Å². The van der Waals surface area contributed by atoms with Gasteiger partial charge in [-0.15, -0.1) is 0 Å². The van der Waals surface area contributed by atoms with Crippen molar-refractivity contribution >= 4 is 16.7 Å². The zero-order valence-corrected chi connectivity index (χ0v) is 11.7. The summed E-state index contributed by atoms with van der Waals surface area (Å²) < 4.78 is 5.65. The Bertz CT molecular complexity index is 847. The minimum absolute atomic E-state index is 0.134. The topological polar surface area (TPSA) is 42.1 Å². The van der Waals surface area contributed by atoms with Crippen LogP contribution in [0.3, 0.4) is 0 Å². The molecule has 3 aromatic rings. The van der Waals surface area contributed by atoms with Crippen LogP contribution in [0.5, 0.6) is 5.75 Å². The Balaban J connectivity index is 1.83. The van der Waals surface area contributed by atoms with Gasteiger partial charge in [-0.05, 0) is 19.1 Å². The number of para-hydroxylation sites is 2. The fourth-order valence-electron chi connectivity index (χ4n) is 3.15. The van der Waals surface area contributed by atoms with Crippen molar-refractivity contribution < 1.29 is 9.53 Å². The van der Waals surface area contributed by atoms with Crippen LogP contribution in [0.1, 0.15) is 27.5 Å². The predicted molar refractivity (Wildman–Crippen MR) is 82.0 cm³/mol. The number of carbonyl (C=O) groups excluding carboxylic acids is 1. The first-order valence-electron chi connectivity index (χ1n) is 7.09. The number of hydrogen-bond donors (Lipinski definition) is 1. The van der Waals surface area contributed by atoms with Crippen LogP contribution in [0.4, 0.5) is 0 Å². The number of aromatic nitrogens is 1. The molecule has 2 aromatic carbocycles. The van der Waals surface area contributed by atoms with E-state index in [9.17, 15) is 4.79 Å². The number of nitrogens with one attached hydrogen (secondary N) is 1. The molecule has 0 bridgehead atoms. The third-order valence-electron chi connectivity index (χ3n) is 4.16. The Morgan fingerprint density at radius 3 is 2.81 bits per heavy atom. The van der Waals surface area contributed by atoms with Gasteiger partial charge in [-0.1, -0.05) is 36.4 Å². The van der Waals surface area contributed by atoms with Gasteiger partial charge in [0.1, 0.15) is 12.4 Å². The Labute approximate surface area is 122 Å². The predicted octanol–water partition coefficient (Wildman–Crippen LogP) is 3.84. The molecule has 1 unspecified atom stereocenters. The Kier molecular flexibility index (Phi) is 2.61. The van der Waals surface area contributed by atoms with Crippen LogP contribution >= 0.6 is 0 Å². The van der Waals surface area contributed by atoms with Gasteiger partial charge in [0, 0.05) is 27.7 Å². The normalized spacial score (nSPS) is 16.7. The van der Waals surface area contributed by atoms with Gasteiger partial charge in [0.2, 0.25) is 0 Å². The molecular formula is C18H15NO2. The van der Waals surface area contributed by atoms with E-state index < -0.39 is 0 Å². The van der Waals surface area contributed by atoms with Gasteiger partial charge >= 0.3 is 0 Å². The lowest BCUT2D eigenvalue weighted by molar-refractivity contribution is 0.0948. The number of H-pyrrole nitrogens is 1. The van der Waals surface area contributed by atoms with E-state index in [0.29, 0.717) is 6.61 Å². The summed E-state index contributed by atoms with van der Waals surface area (Å²) in [4.78, 5) is 16.3. The van der Waals surface area contributed by atoms with Crippen molar-refractivity contribution in [1.82, 2.24) is 4.98 Å². The van der Waals surface area contributed by atoms with Gasteiger partial charge in [-0.2, -0.15) is 0 Å². The van der Waals surface area contributed by atoms with Crippen LogP contribution in [0.25, 0.3) is 10.9 Å². The number of rotatable bonds is 2. The first-order valence-corrected chi connectivity index (χ1v) is 7.09. The molecular weight excluding hydrogens is 262 g/mol. The number of benzene rings is 2. The van der Waals surface area contributed by atoms with E-state index in [1.807, 2.05) is 55.5 Å². The molecule has 0 saturated heterocycles. The number of Topliss-reactive ketones (excluding diaryl/α,β-unsaturated/α-hetero) is 1. The molecule has 0 radical (unpaired) electrons. The van der Waals surface area contributed by atoms with Crippen molar-refractivity contribution in [3.05, 3.63) is 65.4 Å². The van der Waals surface area contributed by atoms with Gasteiger partial charge in [0.15, 0.2) is 5.78 Å². The zero-order valence-electron chi connectivity index (χ0n) is 11.7. The molecule has 1 N–H and O–H groups in total. The molecule has 0 amide bonds. The summed E-state index contributed by atoms with van der Waals surface area (Å²) in [5.74, 6) is 0.752. The summed E-state index contributed by atoms with van der Waals surface area (Å²) in [5.41, 5.74) is 3.71. The highest BCUT2D eigenvalue weighted by Gasteiger charge is 2.32. The molecule has 2 heterocycles.